The monoisotopic (exact) mass is 436 g/mol. The molecule has 1 N–H and O–H groups in total. The van der Waals surface area contributed by atoms with Crippen molar-refractivity contribution in [2.75, 3.05) is 4.90 Å². The van der Waals surface area contributed by atoms with Gasteiger partial charge in [-0.05, 0) is 60.2 Å². The summed E-state index contributed by atoms with van der Waals surface area (Å²) in [5.41, 5.74) is 3.58. The minimum Gasteiger partial charge on any atom is -0.489 e. The molecule has 0 unspecified atom stereocenters. The number of aromatic nitrogens is 1. The molecule has 162 valence electrons. The number of carbonyl (C=O) groups is 1. The van der Waals surface area contributed by atoms with Crippen LogP contribution in [0.2, 0.25) is 0 Å². The van der Waals surface area contributed by atoms with Gasteiger partial charge in [0, 0.05) is 28.5 Å². The molecule has 1 heterocycles. The van der Waals surface area contributed by atoms with E-state index in [9.17, 15) is 9.18 Å². The molecule has 5 heteroatoms. The van der Waals surface area contributed by atoms with Crippen LogP contribution in [-0.2, 0) is 6.61 Å². The van der Waals surface area contributed by atoms with Gasteiger partial charge in [0.1, 0.15) is 18.2 Å². The number of nitrogens with one attached hydrogen (secondary N) is 1. The molecule has 0 aliphatic heterocycles. The van der Waals surface area contributed by atoms with Crippen molar-refractivity contribution in [1.82, 2.24) is 4.98 Å². The molecule has 0 saturated carbocycles. The van der Waals surface area contributed by atoms with Crippen molar-refractivity contribution in [2.45, 2.75) is 6.61 Å². The van der Waals surface area contributed by atoms with Crippen LogP contribution in [0, 0.1) is 5.82 Å². The first-order valence-corrected chi connectivity index (χ1v) is 10.6. The number of hydrogen-bond donors (Lipinski definition) is 1. The van der Waals surface area contributed by atoms with Gasteiger partial charge in [0.05, 0.1) is 5.56 Å². The highest BCUT2D eigenvalue weighted by atomic mass is 19.1. The largest absolute Gasteiger partial charge is 0.489 e. The average molecular weight is 436 g/mol. The van der Waals surface area contributed by atoms with Gasteiger partial charge in [0.15, 0.2) is 0 Å². The molecular formula is C28H21FN2O2. The van der Waals surface area contributed by atoms with E-state index in [1.807, 2.05) is 84.9 Å². The summed E-state index contributed by atoms with van der Waals surface area (Å²) in [4.78, 5) is 18.4. The second-order valence-corrected chi connectivity index (χ2v) is 7.64. The fourth-order valence-corrected chi connectivity index (χ4v) is 3.78. The molecule has 0 radical (unpaired) electrons. The molecule has 0 aliphatic carbocycles. The van der Waals surface area contributed by atoms with Crippen molar-refractivity contribution in [3.8, 4) is 5.75 Å². The topological polar surface area (TPSA) is 45.3 Å². The van der Waals surface area contributed by atoms with E-state index in [1.165, 1.54) is 12.1 Å². The Morgan fingerprint density at radius 3 is 2.21 bits per heavy atom. The van der Waals surface area contributed by atoms with Crippen molar-refractivity contribution in [1.29, 1.82) is 0 Å². The van der Waals surface area contributed by atoms with Gasteiger partial charge in [-0.3, -0.25) is 9.69 Å². The van der Waals surface area contributed by atoms with Crippen LogP contribution >= 0.6 is 0 Å². The number of H-pyrrole nitrogens is 1. The number of amides is 1. The van der Waals surface area contributed by atoms with Crippen LogP contribution in [0.15, 0.2) is 109 Å². The molecule has 1 aromatic heterocycles. The predicted molar refractivity (Wildman–Crippen MR) is 128 cm³/mol. The van der Waals surface area contributed by atoms with E-state index < -0.39 is 0 Å². The van der Waals surface area contributed by atoms with Crippen molar-refractivity contribution < 1.29 is 13.9 Å². The molecule has 1 amide bonds. The first-order valence-electron chi connectivity index (χ1n) is 10.6. The fraction of sp³-hybridized carbons (Fsp3) is 0.0357. The first kappa shape index (κ1) is 20.5. The lowest BCUT2D eigenvalue weighted by Crippen LogP contribution is -2.25. The second kappa shape index (κ2) is 9.01. The van der Waals surface area contributed by atoms with E-state index in [-0.39, 0.29) is 11.7 Å². The van der Waals surface area contributed by atoms with Gasteiger partial charge >= 0.3 is 0 Å². The Balaban J connectivity index is 1.47. The molecule has 0 aliphatic rings. The third kappa shape index (κ3) is 4.34. The number of ether oxygens (including phenoxy) is 1. The Hall–Kier alpha value is -4.38. The summed E-state index contributed by atoms with van der Waals surface area (Å²) >= 11 is 0. The molecule has 0 fully saturated rings. The maximum Gasteiger partial charge on any atom is 0.265 e. The number of fused-ring (bicyclic) bond motifs is 1. The van der Waals surface area contributed by atoms with Crippen LogP contribution in [0.1, 0.15) is 15.9 Å². The molecule has 4 aromatic carbocycles. The molecule has 0 bridgehead atoms. The number of anilines is 2. The zero-order valence-electron chi connectivity index (χ0n) is 17.7. The average Bonchev–Trinajstić information content (AvgIpc) is 3.28. The van der Waals surface area contributed by atoms with Crippen LogP contribution in [-0.4, -0.2) is 10.9 Å². The van der Waals surface area contributed by atoms with E-state index in [2.05, 4.69) is 4.98 Å². The molecule has 0 spiro atoms. The maximum atomic E-state index is 13.9. The normalized spacial score (nSPS) is 10.8. The van der Waals surface area contributed by atoms with Crippen molar-refractivity contribution in [3.05, 3.63) is 126 Å². The third-order valence-corrected chi connectivity index (χ3v) is 5.43. The summed E-state index contributed by atoms with van der Waals surface area (Å²) in [5.74, 6) is 0.0653. The Bertz CT molecular complexity index is 1380. The van der Waals surface area contributed by atoms with Gasteiger partial charge in [0.25, 0.3) is 5.91 Å². The Morgan fingerprint density at radius 2 is 1.48 bits per heavy atom. The lowest BCUT2D eigenvalue weighted by molar-refractivity contribution is 0.100. The number of para-hydroxylation sites is 1. The van der Waals surface area contributed by atoms with E-state index in [1.54, 1.807) is 17.2 Å². The summed E-state index contributed by atoms with van der Waals surface area (Å²) in [6.45, 7) is 0.461. The van der Waals surface area contributed by atoms with Crippen molar-refractivity contribution >= 4 is 28.2 Å². The Labute approximate surface area is 190 Å². The number of benzene rings is 4. The highest BCUT2D eigenvalue weighted by Gasteiger charge is 2.23. The van der Waals surface area contributed by atoms with Crippen molar-refractivity contribution in [3.63, 3.8) is 0 Å². The van der Waals surface area contributed by atoms with Gasteiger partial charge in [-0.25, -0.2) is 4.39 Å². The number of halogens is 1. The van der Waals surface area contributed by atoms with E-state index >= 15 is 0 Å². The lowest BCUT2D eigenvalue weighted by atomic mass is 10.1. The van der Waals surface area contributed by atoms with Crippen LogP contribution in [0.25, 0.3) is 10.9 Å². The number of carbonyl (C=O) groups excluding carboxylic acids is 1. The predicted octanol–water partition coefficient (Wildman–Crippen LogP) is 6.86. The van der Waals surface area contributed by atoms with E-state index in [4.69, 9.17) is 4.74 Å². The minimum atomic E-state index is -0.387. The van der Waals surface area contributed by atoms with Gasteiger partial charge in [-0.1, -0.05) is 48.5 Å². The molecule has 5 aromatic rings. The number of nitrogens with zero attached hydrogens (tertiary/aromatic N) is 1. The number of rotatable bonds is 6. The zero-order valence-corrected chi connectivity index (χ0v) is 17.7. The van der Waals surface area contributed by atoms with Crippen LogP contribution < -0.4 is 9.64 Å². The maximum absolute atomic E-state index is 13.9. The Morgan fingerprint density at radius 1 is 0.818 bits per heavy atom. The molecule has 4 nitrogen and oxygen atoms in total. The molecule has 0 saturated heterocycles. The van der Waals surface area contributed by atoms with E-state index in [0.29, 0.717) is 40.2 Å². The molecule has 0 atom stereocenters. The summed E-state index contributed by atoms with van der Waals surface area (Å²) in [7, 11) is 0. The van der Waals surface area contributed by atoms with Crippen LogP contribution in [0.5, 0.6) is 5.75 Å². The highest BCUT2D eigenvalue weighted by molar-refractivity contribution is 6.17. The summed E-state index contributed by atoms with van der Waals surface area (Å²) in [6, 6.07) is 31.1. The quantitative estimate of drug-likeness (QED) is 0.316. The van der Waals surface area contributed by atoms with Gasteiger partial charge in [-0.15, -0.1) is 0 Å². The van der Waals surface area contributed by atoms with Crippen molar-refractivity contribution in [2.24, 2.45) is 0 Å². The first-order chi connectivity index (χ1) is 16.2. The number of hydrogen-bond acceptors (Lipinski definition) is 2. The molecular weight excluding hydrogens is 415 g/mol. The summed E-state index contributed by atoms with van der Waals surface area (Å²) in [5, 5.41) is 0.545. The molecule has 5 rings (SSSR count). The minimum absolute atomic E-state index is 0.254. The smallest absolute Gasteiger partial charge is 0.265 e. The second-order valence-electron chi connectivity index (χ2n) is 7.64. The summed E-state index contributed by atoms with van der Waals surface area (Å²) in [6.07, 6.45) is 1.62. The molecule has 33 heavy (non-hydrogen) atoms. The SMILES string of the molecule is O=C(c1c[nH]c2ccc(F)cc12)N(c1ccccc1)c1ccc(OCc2ccccc2)cc1. The van der Waals surface area contributed by atoms with Crippen LogP contribution in [0.3, 0.4) is 0 Å². The highest BCUT2D eigenvalue weighted by Crippen LogP contribution is 2.31. The summed E-state index contributed by atoms with van der Waals surface area (Å²) < 4.78 is 19.8. The van der Waals surface area contributed by atoms with Gasteiger partial charge < -0.3 is 9.72 Å². The lowest BCUT2D eigenvalue weighted by Gasteiger charge is -2.23. The van der Waals surface area contributed by atoms with Gasteiger partial charge in [-0.2, -0.15) is 0 Å². The standard InChI is InChI=1S/C28H21FN2O2/c29-21-11-16-27-25(17-21)26(18-30-27)28(32)31(22-9-5-2-6-10-22)23-12-14-24(15-13-23)33-19-20-7-3-1-4-8-20/h1-18,30H,19H2. The van der Waals surface area contributed by atoms with Crippen LogP contribution in [0.4, 0.5) is 15.8 Å². The third-order valence-electron chi connectivity index (χ3n) is 5.43. The Kier molecular flexibility index (Phi) is 5.60. The number of aromatic amines is 1. The fourth-order valence-electron chi connectivity index (χ4n) is 3.78. The van der Waals surface area contributed by atoms with E-state index in [0.717, 1.165) is 5.56 Å². The van der Waals surface area contributed by atoms with Gasteiger partial charge in [0.2, 0.25) is 0 Å². The zero-order chi connectivity index (χ0) is 22.6.